The second-order valence-electron chi connectivity index (χ2n) is 4.12. The highest BCUT2D eigenvalue weighted by Crippen LogP contribution is 2.28. The molecular weight excluding hydrogens is 152 g/mol. The summed E-state index contributed by atoms with van der Waals surface area (Å²) >= 11 is 0. The zero-order chi connectivity index (χ0) is 9.35. The van der Waals surface area contributed by atoms with Gasteiger partial charge in [0, 0.05) is 6.04 Å². The summed E-state index contributed by atoms with van der Waals surface area (Å²) in [6.07, 6.45) is 3.68. The largest absolute Gasteiger partial charge is 0.368 e. The van der Waals surface area contributed by atoms with Crippen molar-refractivity contribution in [2.24, 2.45) is 5.73 Å². The van der Waals surface area contributed by atoms with Gasteiger partial charge in [-0.25, -0.2) is 0 Å². The van der Waals surface area contributed by atoms with Crippen LogP contribution in [0.4, 0.5) is 0 Å². The van der Waals surface area contributed by atoms with Crippen molar-refractivity contribution < 1.29 is 4.79 Å². The molecule has 1 aliphatic carbocycles. The van der Waals surface area contributed by atoms with Gasteiger partial charge in [0.15, 0.2) is 0 Å². The van der Waals surface area contributed by atoms with Gasteiger partial charge in [-0.05, 0) is 33.7 Å². The van der Waals surface area contributed by atoms with Crippen molar-refractivity contribution in [3.63, 3.8) is 0 Å². The molecule has 3 nitrogen and oxygen atoms in total. The van der Waals surface area contributed by atoms with Gasteiger partial charge in [-0.3, -0.25) is 9.69 Å². The van der Waals surface area contributed by atoms with E-state index >= 15 is 0 Å². The lowest BCUT2D eigenvalue weighted by atomic mass is 9.88. The summed E-state index contributed by atoms with van der Waals surface area (Å²) in [7, 11) is 1.98. The molecule has 0 unspecified atom stereocenters. The molecule has 70 valence electrons. The van der Waals surface area contributed by atoms with Gasteiger partial charge >= 0.3 is 0 Å². The van der Waals surface area contributed by atoms with Crippen molar-refractivity contribution in [3.8, 4) is 0 Å². The number of likely N-dealkylation sites (N-methyl/N-ethyl adjacent to an activating group) is 1. The molecule has 1 fully saturated rings. The fourth-order valence-electron chi connectivity index (χ4n) is 1.40. The van der Waals surface area contributed by atoms with Gasteiger partial charge in [0.2, 0.25) is 5.91 Å². The van der Waals surface area contributed by atoms with Crippen LogP contribution < -0.4 is 5.73 Å². The molecule has 1 amide bonds. The third-order valence-electron chi connectivity index (χ3n) is 3.11. The number of rotatable bonds is 3. The van der Waals surface area contributed by atoms with Crippen molar-refractivity contribution in [2.45, 2.75) is 44.7 Å². The minimum Gasteiger partial charge on any atom is -0.368 e. The van der Waals surface area contributed by atoms with Crippen LogP contribution in [0.15, 0.2) is 0 Å². The lowest BCUT2D eigenvalue weighted by Crippen LogP contribution is -2.56. The van der Waals surface area contributed by atoms with E-state index in [4.69, 9.17) is 5.73 Å². The Morgan fingerprint density at radius 2 is 2.00 bits per heavy atom. The van der Waals surface area contributed by atoms with Crippen LogP contribution in [0.3, 0.4) is 0 Å². The summed E-state index contributed by atoms with van der Waals surface area (Å²) in [5.74, 6) is -0.239. The van der Waals surface area contributed by atoms with E-state index in [9.17, 15) is 4.79 Å². The smallest absolute Gasteiger partial charge is 0.237 e. The fourth-order valence-corrected chi connectivity index (χ4v) is 1.40. The molecule has 0 aromatic carbocycles. The maximum Gasteiger partial charge on any atom is 0.237 e. The maximum absolute atomic E-state index is 11.1. The maximum atomic E-state index is 11.1. The Bertz CT molecular complexity index is 185. The highest BCUT2D eigenvalue weighted by molar-refractivity contribution is 5.83. The van der Waals surface area contributed by atoms with Crippen molar-refractivity contribution in [3.05, 3.63) is 0 Å². The van der Waals surface area contributed by atoms with Gasteiger partial charge in [0.05, 0.1) is 5.54 Å². The third-order valence-corrected chi connectivity index (χ3v) is 3.11. The molecule has 12 heavy (non-hydrogen) atoms. The Hall–Kier alpha value is -0.570. The average Bonchev–Trinajstić information content (AvgIpc) is 1.83. The number of amides is 1. The Morgan fingerprint density at radius 3 is 2.25 bits per heavy atom. The molecule has 0 aromatic rings. The molecule has 1 aliphatic rings. The number of nitrogens with zero attached hydrogens (tertiary/aromatic N) is 1. The molecule has 3 heteroatoms. The number of carbonyl (C=O) groups is 1. The topological polar surface area (TPSA) is 46.3 Å². The van der Waals surface area contributed by atoms with E-state index in [0.717, 1.165) is 0 Å². The van der Waals surface area contributed by atoms with Gasteiger partial charge in [-0.1, -0.05) is 6.42 Å². The highest BCUT2D eigenvalue weighted by Gasteiger charge is 2.36. The first-order valence-electron chi connectivity index (χ1n) is 4.49. The molecule has 0 aliphatic heterocycles. The minimum absolute atomic E-state index is 0.239. The molecule has 0 spiro atoms. The van der Waals surface area contributed by atoms with E-state index in [1.165, 1.54) is 19.3 Å². The number of nitrogens with two attached hydrogens (primary N) is 1. The normalized spacial score (nSPS) is 19.3. The van der Waals surface area contributed by atoms with Gasteiger partial charge in [0.1, 0.15) is 0 Å². The molecular formula is C9H18N2O. The van der Waals surface area contributed by atoms with Crippen LogP contribution in [0.5, 0.6) is 0 Å². The number of hydrogen-bond donors (Lipinski definition) is 1. The SMILES string of the molecule is CN(C1CCC1)C(C)(C)C(N)=O. The molecule has 0 aromatic heterocycles. The minimum atomic E-state index is -0.495. The van der Waals surface area contributed by atoms with Crippen LogP contribution in [-0.4, -0.2) is 29.4 Å². The van der Waals surface area contributed by atoms with E-state index in [0.29, 0.717) is 6.04 Å². The molecule has 0 bridgehead atoms. The molecule has 0 atom stereocenters. The van der Waals surface area contributed by atoms with Gasteiger partial charge in [-0.15, -0.1) is 0 Å². The zero-order valence-corrected chi connectivity index (χ0v) is 8.13. The Kier molecular flexibility index (Phi) is 2.42. The molecule has 1 rings (SSSR count). The lowest BCUT2D eigenvalue weighted by molar-refractivity contribution is -0.129. The second kappa shape index (κ2) is 3.05. The first kappa shape index (κ1) is 9.52. The number of carbonyl (C=O) groups excluding carboxylic acids is 1. The van der Waals surface area contributed by atoms with E-state index in [1.54, 1.807) is 0 Å². The van der Waals surface area contributed by atoms with Crippen LogP contribution in [0.1, 0.15) is 33.1 Å². The highest BCUT2D eigenvalue weighted by atomic mass is 16.1. The summed E-state index contributed by atoms with van der Waals surface area (Å²) in [5, 5.41) is 0. The molecule has 1 saturated carbocycles. The van der Waals surface area contributed by atoms with Crippen molar-refractivity contribution in [1.82, 2.24) is 4.90 Å². The van der Waals surface area contributed by atoms with Crippen LogP contribution in [0, 0.1) is 0 Å². The first-order chi connectivity index (χ1) is 5.46. The zero-order valence-electron chi connectivity index (χ0n) is 8.13. The van der Waals surface area contributed by atoms with E-state index < -0.39 is 5.54 Å². The predicted octanol–water partition coefficient (Wildman–Crippen LogP) is 0.735. The third kappa shape index (κ3) is 1.46. The molecule has 0 heterocycles. The quantitative estimate of drug-likeness (QED) is 0.679. The van der Waals surface area contributed by atoms with Crippen LogP contribution in [-0.2, 0) is 4.79 Å². The number of hydrogen-bond acceptors (Lipinski definition) is 2. The van der Waals surface area contributed by atoms with Gasteiger partial charge in [0.25, 0.3) is 0 Å². The summed E-state index contributed by atoms with van der Waals surface area (Å²) in [6, 6.07) is 0.562. The molecule has 0 radical (unpaired) electrons. The van der Waals surface area contributed by atoms with Gasteiger partial charge in [-0.2, -0.15) is 0 Å². The standard InChI is InChI=1S/C9H18N2O/c1-9(2,8(10)12)11(3)7-5-4-6-7/h7H,4-6H2,1-3H3,(H2,10,12). The second-order valence-corrected chi connectivity index (χ2v) is 4.12. The van der Waals surface area contributed by atoms with Crippen LogP contribution in [0.2, 0.25) is 0 Å². The summed E-state index contributed by atoms with van der Waals surface area (Å²) in [5.41, 5.74) is 4.81. The summed E-state index contributed by atoms with van der Waals surface area (Å²) < 4.78 is 0. The fraction of sp³-hybridized carbons (Fsp3) is 0.889. The van der Waals surface area contributed by atoms with Gasteiger partial charge < -0.3 is 5.73 Å². The van der Waals surface area contributed by atoms with E-state index in [-0.39, 0.29) is 5.91 Å². The lowest BCUT2D eigenvalue weighted by Gasteiger charge is -2.43. The Morgan fingerprint density at radius 1 is 1.50 bits per heavy atom. The summed E-state index contributed by atoms with van der Waals surface area (Å²) in [4.78, 5) is 13.2. The molecule has 0 saturated heterocycles. The van der Waals surface area contributed by atoms with Crippen molar-refractivity contribution >= 4 is 5.91 Å². The van der Waals surface area contributed by atoms with Crippen molar-refractivity contribution in [1.29, 1.82) is 0 Å². The Labute approximate surface area is 73.9 Å². The van der Waals surface area contributed by atoms with Crippen LogP contribution >= 0.6 is 0 Å². The van der Waals surface area contributed by atoms with E-state index in [2.05, 4.69) is 4.90 Å². The van der Waals surface area contributed by atoms with Crippen LogP contribution in [0.25, 0.3) is 0 Å². The van der Waals surface area contributed by atoms with E-state index in [1.807, 2.05) is 20.9 Å². The summed E-state index contributed by atoms with van der Waals surface area (Å²) in [6.45, 7) is 3.77. The monoisotopic (exact) mass is 170 g/mol. The molecule has 2 N–H and O–H groups in total. The number of primary amides is 1. The van der Waals surface area contributed by atoms with Crippen molar-refractivity contribution in [2.75, 3.05) is 7.05 Å². The average molecular weight is 170 g/mol. The first-order valence-corrected chi connectivity index (χ1v) is 4.49. The predicted molar refractivity (Wildman–Crippen MR) is 48.7 cm³/mol. The Balaban J connectivity index is 2.59.